The predicted octanol–water partition coefficient (Wildman–Crippen LogP) is 4.93. The van der Waals surface area contributed by atoms with Gasteiger partial charge in [0.1, 0.15) is 5.82 Å². The first-order valence-electron chi connectivity index (χ1n) is 6.02. The third kappa shape index (κ3) is 3.86. The van der Waals surface area contributed by atoms with Crippen molar-refractivity contribution in [2.24, 2.45) is 0 Å². The number of hydrogen-bond donors (Lipinski definition) is 1. The Morgan fingerprint density at radius 1 is 0.950 bits per heavy atom. The first kappa shape index (κ1) is 15.6. The van der Waals surface area contributed by atoms with Crippen LogP contribution in [0.1, 0.15) is 11.1 Å². The summed E-state index contributed by atoms with van der Waals surface area (Å²) < 4.78 is 13.7. The summed E-state index contributed by atoms with van der Waals surface area (Å²) in [5.74, 6) is -0.484. The highest BCUT2D eigenvalue weighted by Crippen LogP contribution is 2.24. The molecular formula is C15H12Cl3FO. The van der Waals surface area contributed by atoms with Crippen LogP contribution in [0, 0.1) is 5.82 Å². The summed E-state index contributed by atoms with van der Waals surface area (Å²) in [6.07, 6.45) is -0.171. The number of rotatable bonds is 4. The topological polar surface area (TPSA) is 20.2 Å². The fraction of sp³-hybridized carbons (Fsp3) is 0.200. The van der Waals surface area contributed by atoms with Crippen LogP contribution >= 0.6 is 34.8 Å². The van der Waals surface area contributed by atoms with E-state index in [4.69, 9.17) is 34.8 Å². The van der Waals surface area contributed by atoms with E-state index in [-0.39, 0.29) is 11.4 Å². The largest absolute Gasteiger partial charge is 0.392 e. The van der Waals surface area contributed by atoms with Crippen LogP contribution < -0.4 is 0 Å². The molecule has 0 fully saturated rings. The second-order valence-corrected chi connectivity index (χ2v) is 5.75. The molecule has 0 aliphatic rings. The first-order valence-corrected chi connectivity index (χ1v) is 7.15. The van der Waals surface area contributed by atoms with Gasteiger partial charge in [0.2, 0.25) is 0 Å². The molecule has 0 aliphatic heterocycles. The van der Waals surface area contributed by atoms with Gasteiger partial charge in [-0.1, -0.05) is 53.0 Å². The fourth-order valence-electron chi connectivity index (χ4n) is 1.97. The van der Waals surface area contributed by atoms with Crippen molar-refractivity contribution in [1.82, 2.24) is 0 Å². The quantitative estimate of drug-likeness (QED) is 0.841. The van der Waals surface area contributed by atoms with E-state index >= 15 is 0 Å². The smallest absolute Gasteiger partial charge is 0.145 e. The molecule has 1 N–H and O–H groups in total. The van der Waals surface area contributed by atoms with Crippen LogP contribution in [0.25, 0.3) is 0 Å². The average molecular weight is 334 g/mol. The molecule has 0 saturated heterocycles. The fourth-order valence-corrected chi connectivity index (χ4v) is 2.49. The van der Waals surface area contributed by atoms with Crippen LogP contribution in [-0.4, -0.2) is 11.2 Å². The summed E-state index contributed by atoms with van der Waals surface area (Å²) in [6, 6.07) is 9.90. The number of aliphatic hydroxyl groups excluding tert-OH is 1. The van der Waals surface area contributed by atoms with E-state index in [1.807, 2.05) is 0 Å². The Kier molecular flexibility index (Phi) is 5.28. The molecule has 106 valence electrons. The van der Waals surface area contributed by atoms with E-state index in [1.54, 1.807) is 30.3 Å². The third-order valence-corrected chi connectivity index (χ3v) is 3.97. The van der Waals surface area contributed by atoms with Gasteiger partial charge in [0.05, 0.1) is 21.2 Å². The van der Waals surface area contributed by atoms with Crippen molar-refractivity contribution in [3.05, 3.63) is 68.4 Å². The van der Waals surface area contributed by atoms with Crippen LogP contribution in [0.15, 0.2) is 36.4 Å². The van der Waals surface area contributed by atoms with Crippen LogP contribution in [0.3, 0.4) is 0 Å². The molecule has 0 heterocycles. The van der Waals surface area contributed by atoms with Gasteiger partial charge in [-0.25, -0.2) is 4.39 Å². The van der Waals surface area contributed by atoms with E-state index in [0.717, 1.165) is 5.56 Å². The highest BCUT2D eigenvalue weighted by molar-refractivity contribution is 6.42. The lowest BCUT2D eigenvalue weighted by Crippen LogP contribution is -2.15. The lowest BCUT2D eigenvalue weighted by atomic mass is 10.0. The van der Waals surface area contributed by atoms with E-state index < -0.39 is 11.9 Å². The molecule has 0 saturated carbocycles. The van der Waals surface area contributed by atoms with Crippen LogP contribution in [-0.2, 0) is 12.8 Å². The molecule has 0 amide bonds. The van der Waals surface area contributed by atoms with Crippen molar-refractivity contribution in [1.29, 1.82) is 0 Å². The van der Waals surface area contributed by atoms with Crippen molar-refractivity contribution < 1.29 is 9.50 Å². The molecule has 20 heavy (non-hydrogen) atoms. The van der Waals surface area contributed by atoms with Gasteiger partial charge in [-0.15, -0.1) is 0 Å². The van der Waals surface area contributed by atoms with Gasteiger partial charge < -0.3 is 5.11 Å². The molecule has 1 unspecified atom stereocenters. The lowest BCUT2D eigenvalue weighted by Gasteiger charge is -2.12. The van der Waals surface area contributed by atoms with Crippen LogP contribution in [0.5, 0.6) is 0 Å². The monoisotopic (exact) mass is 332 g/mol. The normalized spacial score (nSPS) is 12.4. The summed E-state index contributed by atoms with van der Waals surface area (Å²) in [7, 11) is 0. The minimum Gasteiger partial charge on any atom is -0.392 e. The van der Waals surface area contributed by atoms with E-state index in [9.17, 15) is 9.50 Å². The second-order valence-electron chi connectivity index (χ2n) is 4.52. The Hall–Kier alpha value is -0.800. The maximum absolute atomic E-state index is 13.7. The zero-order chi connectivity index (χ0) is 14.7. The highest BCUT2D eigenvalue weighted by Gasteiger charge is 2.13. The molecule has 2 aromatic carbocycles. The van der Waals surface area contributed by atoms with Gasteiger partial charge in [-0.05, 0) is 35.7 Å². The van der Waals surface area contributed by atoms with Gasteiger partial charge in [0, 0.05) is 6.42 Å². The molecule has 0 aromatic heterocycles. The molecule has 2 rings (SSSR count). The lowest BCUT2D eigenvalue weighted by molar-refractivity contribution is 0.174. The molecule has 0 bridgehead atoms. The van der Waals surface area contributed by atoms with Crippen molar-refractivity contribution in [3.8, 4) is 0 Å². The van der Waals surface area contributed by atoms with E-state index in [0.29, 0.717) is 22.0 Å². The summed E-state index contributed by atoms with van der Waals surface area (Å²) in [6.45, 7) is 0. The van der Waals surface area contributed by atoms with Gasteiger partial charge in [-0.2, -0.15) is 0 Å². The van der Waals surface area contributed by atoms with Crippen molar-refractivity contribution >= 4 is 34.8 Å². The average Bonchev–Trinajstić information content (AvgIpc) is 2.39. The maximum atomic E-state index is 13.7. The molecular weight excluding hydrogens is 322 g/mol. The van der Waals surface area contributed by atoms with E-state index in [2.05, 4.69) is 0 Å². The van der Waals surface area contributed by atoms with Gasteiger partial charge in [-0.3, -0.25) is 0 Å². The van der Waals surface area contributed by atoms with Crippen LogP contribution in [0.2, 0.25) is 15.1 Å². The van der Waals surface area contributed by atoms with Crippen LogP contribution in [0.4, 0.5) is 4.39 Å². The minimum atomic E-state index is -0.722. The molecule has 2 aromatic rings. The number of aliphatic hydroxyl groups is 1. The Labute approximate surface area is 131 Å². The Balaban J connectivity index is 2.07. The number of hydrogen-bond acceptors (Lipinski definition) is 1. The maximum Gasteiger partial charge on any atom is 0.145 e. The molecule has 0 radical (unpaired) electrons. The molecule has 0 spiro atoms. The van der Waals surface area contributed by atoms with Crippen molar-refractivity contribution in [2.45, 2.75) is 18.9 Å². The van der Waals surface area contributed by atoms with Crippen molar-refractivity contribution in [3.63, 3.8) is 0 Å². The predicted molar refractivity (Wildman–Crippen MR) is 81.3 cm³/mol. The second kappa shape index (κ2) is 6.77. The Morgan fingerprint density at radius 3 is 2.40 bits per heavy atom. The van der Waals surface area contributed by atoms with Gasteiger partial charge >= 0.3 is 0 Å². The van der Waals surface area contributed by atoms with E-state index in [1.165, 1.54) is 6.07 Å². The van der Waals surface area contributed by atoms with Crippen molar-refractivity contribution in [2.75, 3.05) is 0 Å². The summed E-state index contributed by atoms with van der Waals surface area (Å²) in [5, 5.41) is 11.0. The molecule has 1 nitrogen and oxygen atoms in total. The zero-order valence-electron chi connectivity index (χ0n) is 10.4. The summed E-state index contributed by atoms with van der Waals surface area (Å²) in [4.78, 5) is 0. The first-order chi connectivity index (χ1) is 9.47. The molecule has 1 atom stereocenters. The SMILES string of the molecule is OC(Cc1ccc(Cl)c(Cl)c1)Cc1cccc(Cl)c1F. The number of halogens is 4. The highest BCUT2D eigenvalue weighted by atomic mass is 35.5. The zero-order valence-corrected chi connectivity index (χ0v) is 12.7. The van der Waals surface area contributed by atoms with Gasteiger partial charge in [0.25, 0.3) is 0 Å². The minimum absolute atomic E-state index is 0.0595. The van der Waals surface area contributed by atoms with Gasteiger partial charge in [0.15, 0.2) is 0 Å². The number of benzene rings is 2. The standard InChI is InChI=1S/C15H12Cl3FO/c16-12-5-4-9(7-14(12)18)6-11(20)8-10-2-1-3-13(17)15(10)19/h1-5,7,11,20H,6,8H2. The summed E-state index contributed by atoms with van der Waals surface area (Å²) in [5.41, 5.74) is 1.24. The Morgan fingerprint density at radius 2 is 1.70 bits per heavy atom. The third-order valence-electron chi connectivity index (χ3n) is 2.94. The Bertz CT molecular complexity index is 616. The molecule has 0 aliphatic carbocycles. The molecule has 5 heteroatoms. The summed E-state index contributed by atoms with van der Waals surface area (Å²) >= 11 is 17.4.